The standard InChI is InChI=1S/C18H20N2O2.C2H6.CH3.Y/c1-6-13(4)22-17-15(7-2)19-20(5)18(21)16(17)14-11-9-8-10-12(14)3;1-2;;/h1,8-11,13H,7H2,2-5H3;1-2H3;1H3;/q;;-1;. The Kier molecular flexibility index (Phi) is 13.2. The Morgan fingerprint density at radius 1 is 1.31 bits per heavy atom. The summed E-state index contributed by atoms with van der Waals surface area (Å²) in [5, 5.41) is 4.30. The molecule has 0 N–H and O–H groups in total. The Hall–Kier alpha value is -1.44. The molecule has 139 valence electrons. The van der Waals surface area contributed by atoms with E-state index in [1.54, 1.807) is 14.0 Å². The van der Waals surface area contributed by atoms with Crippen LogP contribution in [0.2, 0.25) is 0 Å². The monoisotopic (exact) mass is 430 g/mol. The molecule has 1 atom stereocenters. The van der Waals surface area contributed by atoms with Crippen LogP contribution >= 0.6 is 0 Å². The minimum Gasteiger partial charge on any atom is -0.475 e. The number of nitrogens with zero attached hydrogens (tertiary/aromatic N) is 2. The maximum atomic E-state index is 12.6. The van der Waals surface area contributed by atoms with Gasteiger partial charge in [-0.1, -0.05) is 51.0 Å². The molecule has 1 aromatic carbocycles. The summed E-state index contributed by atoms with van der Waals surface area (Å²) in [6.45, 7) is 9.72. The summed E-state index contributed by atoms with van der Waals surface area (Å²) in [5.41, 5.74) is 2.91. The van der Waals surface area contributed by atoms with E-state index in [1.165, 1.54) is 4.68 Å². The van der Waals surface area contributed by atoms with Gasteiger partial charge in [0.05, 0.1) is 5.56 Å². The number of aryl methyl sites for hydroxylation is 3. The number of ether oxygens (including phenoxy) is 1. The molecule has 1 aromatic heterocycles. The summed E-state index contributed by atoms with van der Waals surface area (Å²) >= 11 is 0. The maximum absolute atomic E-state index is 12.6. The minimum absolute atomic E-state index is 0. The van der Waals surface area contributed by atoms with Crippen LogP contribution in [0.5, 0.6) is 5.75 Å². The molecule has 0 amide bonds. The second kappa shape index (κ2) is 12.8. The number of hydrogen-bond acceptors (Lipinski definition) is 3. The van der Waals surface area contributed by atoms with E-state index in [0.29, 0.717) is 17.7 Å². The largest absolute Gasteiger partial charge is 0.475 e. The van der Waals surface area contributed by atoms with Gasteiger partial charge in [-0.25, -0.2) is 4.68 Å². The van der Waals surface area contributed by atoms with Crippen LogP contribution in [-0.4, -0.2) is 15.9 Å². The molecular formula is C21H29N2O2Y-. The summed E-state index contributed by atoms with van der Waals surface area (Å²) in [6, 6.07) is 7.73. The summed E-state index contributed by atoms with van der Waals surface area (Å²) in [6.07, 6.45) is 5.64. The fourth-order valence-electron chi connectivity index (χ4n) is 2.34. The second-order valence-corrected chi connectivity index (χ2v) is 5.17. The van der Waals surface area contributed by atoms with Gasteiger partial charge in [0.2, 0.25) is 0 Å². The zero-order valence-corrected chi connectivity index (χ0v) is 19.8. The van der Waals surface area contributed by atoms with Crippen molar-refractivity contribution in [2.24, 2.45) is 7.05 Å². The van der Waals surface area contributed by atoms with Gasteiger partial charge in [-0.2, -0.15) is 5.10 Å². The van der Waals surface area contributed by atoms with Crippen LogP contribution < -0.4 is 10.3 Å². The topological polar surface area (TPSA) is 44.1 Å². The van der Waals surface area contributed by atoms with Crippen molar-refractivity contribution < 1.29 is 37.4 Å². The molecule has 1 unspecified atom stereocenters. The van der Waals surface area contributed by atoms with E-state index in [2.05, 4.69) is 11.0 Å². The number of terminal acetylenes is 1. The molecule has 0 fully saturated rings. The molecule has 0 bridgehead atoms. The van der Waals surface area contributed by atoms with Crippen LogP contribution in [0, 0.1) is 26.7 Å². The van der Waals surface area contributed by atoms with Crippen LogP contribution in [0.1, 0.15) is 39.0 Å². The van der Waals surface area contributed by atoms with E-state index in [9.17, 15) is 4.79 Å². The molecule has 0 aliphatic carbocycles. The van der Waals surface area contributed by atoms with Crippen molar-refractivity contribution >= 4 is 0 Å². The van der Waals surface area contributed by atoms with Gasteiger partial charge in [0.15, 0.2) is 11.9 Å². The zero-order chi connectivity index (χ0) is 18.3. The smallest absolute Gasteiger partial charge is 0.278 e. The van der Waals surface area contributed by atoms with Crippen molar-refractivity contribution in [3.05, 3.63) is 53.3 Å². The van der Waals surface area contributed by atoms with Crippen LogP contribution in [0.25, 0.3) is 11.1 Å². The molecular weight excluding hydrogens is 401 g/mol. The fourth-order valence-corrected chi connectivity index (χ4v) is 2.34. The van der Waals surface area contributed by atoms with Crippen molar-refractivity contribution in [1.82, 2.24) is 9.78 Å². The number of hydrogen-bond donors (Lipinski definition) is 0. The molecule has 1 radical (unpaired) electrons. The van der Waals surface area contributed by atoms with Crippen molar-refractivity contribution in [3.8, 4) is 29.2 Å². The first-order chi connectivity index (χ1) is 11.5. The predicted octanol–water partition coefficient (Wildman–Crippen LogP) is 4.19. The Morgan fingerprint density at radius 3 is 2.38 bits per heavy atom. The van der Waals surface area contributed by atoms with E-state index in [4.69, 9.17) is 11.2 Å². The summed E-state index contributed by atoms with van der Waals surface area (Å²) in [7, 11) is 1.65. The van der Waals surface area contributed by atoms with E-state index < -0.39 is 6.10 Å². The second-order valence-electron chi connectivity index (χ2n) is 5.17. The molecule has 0 spiro atoms. The van der Waals surface area contributed by atoms with Crippen LogP contribution in [0.4, 0.5) is 0 Å². The normalized spacial score (nSPS) is 10.2. The summed E-state index contributed by atoms with van der Waals surface area (Å²) < 4.78 is 7.21. The quantitative estimate of drug-likeness (QED) is 0.540. The van der Waals surface area contributed by atoms with E-state index in [0.717, 1.165) is 16.8 Å². The first-order valence-electron chi connectivity index (χ1n) is 8.28. The number of benzene rings is 1. The molecule has 0 aliphatic rings. The van der Waals surface area contributed by atoms with Crippen molar-refractivity contribution in [1.29, 1.82) is 0 Å². The molecule has 2 rings (SSSR count). The Bertz CT molecular complexity index is 792. The third-order valence-corrected chi connectivity index (χ3v) is 3.55. The molecule has 4 nitrogen and oxygen atoms in total. The summed E-state index contributed by atoms with van der Waals surface area (Å²) in [5.74, 6) is 3.02. The Morgan fingerprint density at radius 2 is 1.88 bits per heavy atom. The average Bonchev–Trinajstić information content (AvgIpc) is 2.60. The average molecular weight is 430 g/mol. The van der Waals surface area contributed by atoms with Crippen LogP contribution in [0.3, 0.4) is 0 Å². The third kappa shape index (κ3) is 6.07. The van der Waals surface area contributed by atoms with Crippen LogP contribution in [-0.2, 0) is 46.2 Å². The maximum Gasteiger partial charge on any atom is 0.278 e. The number of aromatic nitrogens is 2. The van der Waals surface area contributed by atoms with Crippen LogP contribution in [0.15, 0.2) is 29.1 Å². The van der Waals surface area contributed by atoms with E-state index >= 15 is 0 Å². The van der Waals surface area contributed by atoms with Gasteiger partial charge in [0.25, 0.3) is 5.56 Å². The predicted molar refractivity (Wildman–Crippen MR) is 106 cm³/mol. The molecule has 0 saturated carbocycles. The van der Waals surface area contributed by atoms with Crippen molar-refractivity contribution in [2.75, 3.05) is 0 Å². The van der Waals surface area contributed by atoms with Crippen molar-refractivity contribution in [3.63, 3.8) is 0 Å². The van der Waals surface area contributed by atoms with Gasteiger partial charge in [-0.3, -0.25) is 4.79 Å². The first-order valence-corrected chi connectivity index (χ1v) is 8.28. The Balaban J connectivity index is 0. The van der Waals surface area contributed by atoms with E-state index in [1.807, 2.05) is 52.0 Å². The SMILES string of the molecule is C#CC(C)Oc1c(CC)nn(C)c(=O)c1-c1ccccc1C.CC.[CH3-].[Y]. The minimum atomic E-state index is -0.429. The van der Waals surface area contributed by atoms with E-state index in [-0.39, 0.29) is 45.7 Å². The van der Waals surface area contributed by atoms with Gasteiger partial charge >= 0.3 is 0 Å². The molecule has 0 aliphatic heterocycles. The fraction of sp³-hybridized carbons (Fsp3) is 0.381. The number of rotatable bonds is 4. The van der Waals surface area contributed by atoms with Gasteiger partial charge in [0.1, 0.15) is 5.69 Å². The van der Waals surface area contributed by atoms with Gasteiger partial charge < -0.3 is 12.2 Å². The van der Waals surface area contributed by atoms with Gasteiger partial charge in [0, 0.05) is 39.8 Å². The molecule has 1 heterocycles. The Labute approximate surface area is 183 Å². The molecule has 2 aromatic rings. The van der Waals surface area contributed by atoms with Gasteiger partial charge in [-0.05, 0) is 31.4 Å². The summed E-state index contributed by atoms with van der Waals surface area (Å²) in [4.78, 5) is 12.6. The van der Waals surface area contributed by atoms with Gasteiger partial charge in [-0.15, -0.1) is 6.42 Å². The first kappa shape index (κ1) is 26.8. The molecule has 26 heavy (non-hydrogen) atoms. The van der Waals surface area contributed by atoms with Crippen molar-refractivity contribution in [2.45, 2.75) is 47.1 Å². The third-order valence-electron chi connectivity index (χ3n) is 3.55. The zero-order valence-electron chi connectivity index (χ0n) is 17.0. The molecule has 5 heteroatoms. The molecule has 0 saturated heterocycles.